The molecule has 0 radical (unpaired) electrons. The van der Waals surface area contributed by atoms with Gasteiger partial charge in [0.05, 0.1) is 6.61 Å². The molecule has 2 rings (SSSR count). The van der Waals surface area contributed by atoms with Crippen LogP contribution in [0.15, 0.2) is 12.1 Å². The molecule has 2 heterocycles. The zero-order chi connectivity index (χ0) is 18.2. The SMILES string of the molecule is CCOC(=O)N1CCC(Nc2ccc(C(=O)NCC(C)C)nn2)CC1. The highest BCUT2D eigenvalue weighted by atomic mass is 16.6. The summed E-state index contributed by atoms with van der Waals surface area (Å²) in [6.07, 6.45) is 1.38. The molecule has 2 amide bonds. The maximum Gasteiger partial charge on any atom is 0.409 e. The van der Waals surface area contributed by atoms with Crippen molar-refractivity contribution in [2.75, 3.05) is 31.6 Å². The summed E-state index contributed by atoms with van der Waals surface area (Å²) in [4.78, 5) is 25.3. The van der Waals surface area contributed by atoms with Gasteiger partial charge in [-0.05, 0) is 37.8 Å². The van der Waals surface area contributed by atoms with E-state index in [-0.39, 0.29) is 18.0 Å². The topological polar surface area (TPSA) is 96.5 Å². The first-order valence-corrected chi connectivity index (χ1v) is 8.79. The summed E-state index contributed by atoms with van der Waals surface area (Å²) >= 11 is 0. The van der Waals surface area contributed by atoms with Crippen molar-refractivity contribution in [1.82, 2.24) is 20.4 Å². The minimum absolute atomic E-state index is 0.213. The van der Waals surface area contributed by atoms with Crippen LogP contribution in [0.4, 0.5) is 10.6 Å². The number of hydrogen-bond donors (Lipinski definition) is 2. The smallest absolute Gasteiger partial charge is 0.409 e. The van der Waals surface area contributed by atoms with Crippen LogP contribution >= 0.6 is 0 Å². The van der Waals surface area contributed by atoms with E-state index >= 15 is 0 Å². The highest BCUT2D eigenvalue weighted by Crippen LogP contribution is 2.15. The number of ether oxygens (including phenoxy) is 1. The van der Waals surface area contributed by atoms with Crippen LogP contribution in [0.5, 0.6) is 0 Å². The van der Waals surface area contributed by atoms with Crippen LogP contribution in [0, 0.1) is 5.92 Å². The number of piperidine rings is 1. The average Bonchev–Trinajstić information content (AvgIpc) is 2.61. The molecule has 1 fully saturated rings. The zero-order valence-electron chi connectivity index (χ0n) is 15.1. The Morgan fingerprint density at radius 1 is 1.28 bits per heavy atom. The number of amides is 2. The summed E-state index contributed by atoms with van der Waals surface area (Å²) in [5.74, 6) is 0.809. The fraction of sp³-hybridized carbons (Fsp3) is 0.647. The summed E-state index contributed by atoms with van der Waals surface area (Å²) in [6, 6.07) is 3.65. The lowest BCUT2D eigenvalue weighted by Gasteiger charge is -2.31. The van der Waals surface area contributed by atoms with E-state index in [0.717, 1.165) is 12.8 Å². The van der Waals surface area contributed by atoms with Crippen molar-refractivity contribution >= 4 is 17.8 Å². The van der Waals surface area contributed by atoms with Crippen LogP contribution in [0.2, 0.25) is 0 Å². The molecule has 0 bridgehead atoms. The second-order valence-corrected chi connectivity index (χ2v) is 6.51. The standard InChI is InChI=1S/C17H27N5O3/c1-4-25-17(24)22-9-7-13(8-10-22)19-15-6-5-14(20-21-15)16(23)18-11-12(2)3/h5-6,12-13H,4,7-11H2,1-3H3,(H,18,23)(H,19,21). The van der Waals surface area contributed by atoms with Crippen molar-refractivity contribution in [3.05, 3.63) is 17.8 Å². The summed E-state index contributed by atoms with van der Waals surface area (Å²) in [6.45, 7) is 8.18. The fourth-order valence-corrected chi connectivity index (χ4v) is 2.55. The van der Waals surface area contributed by atoms with Gasteiger partial charge in [0.15, 0.2) is 5.69 Å². The zero-order valence-corrected chi connectivity index (χ0v) is 15.1. The van der Waals surface area contributed by atoms with Crippen molar-refractivity contribution in [3.63, 3.8) is 0 Å². The highest BCUT2D eigenvalue weighted by molar-refractivity contribution is 5.92. The molecule has 1 aromatic heterocycles. The van der Waals surface area contributed by atoms with E-state index in [1.54, 1.807) is 24.0 Å². The van der Waals surface area contributed by atoms with Gasteiger partial charge >= 0.3 is 6.09 Å². The van der Waals surface area contributed by atoms with E-state index in [9.17, 15) is 9.59 Å². The number of aromatic nitrogens is 2. The predicted molar refractivity (Wildman–Crippen MR) is 94.4 cm³/mol. The van der Waals surface area contributed by atoms with Gasteiger partial charge in [0.25, 0.3) is 5.91 Å². The number of hydrogen-bond acceptors (Lipinski definition) is 6. The lowest BCUT2D eigenvalue weighted by Crippen LogP contribution is -2.42. The van der Waals surface area contributed by atoms with Crippen molar-refractivity contribution in [2.45, 2.75) is 39.7 Å². The molecule has 2 N–H and O–H groups in total. The number of likely N-dealkylation sites (tertiary alicyclic amines) is 1. The molecule has 0 spiro atoms. The van der Waals surface area contributed by atoms with Crippen molar-refractivity contribution in [2.24, 2.45) is 5.92 Å². The molecule has 0 aliphatic carbocycles. The van der Waals surface area contributed by atoms with Crippen LogP contribution in [0.25, 0.3) is 0 Å². The van der Waals surface area contributed by atoms with Crippen LogP contribution < -0.4 is 10.6 Å². The Balaban J connectivity index is 1.80. The Labute approximate surface area is 148 Å². The first-order chi connectivity index (χ1) is 12.0. The van der Waals surface area contributed by atoms with Crippen LogP contribution in [-0.4, -0.2) is 59.4 Å². The molecule has 25 heavy (non-hydrogen) atoms. The quantitative estimate of drug-likeness (QED) is 0.814. The fourth-order valence-electron chi connectivity index (χ4n) is 2.55. The van der Waals surface area contributed by atoms with Crippen molar-refractivity contribution < 1.29 is 14.3 Å². The molecular formula is C17H27N5O3. The number of nitrogens with zero attached hydrogens (tertiary/aromatic N) is 3. The molecule has 138 valence electrons. The summed E-state index contributed by atoms with van der Waals surface area (Å²) in [7, 11) is 0. The Bertz CT molecular complexity index is 568. The lowest BCUT2D eigenvalue weighted by molar-refractivity contribution is 0.0942. The molecule has 0 unspecified atom stereocenters. The van der Waals surface area contributed by atoms with Crippen molar-refractivity contribution in [3.8, 4) is 0 Å². The molecule has 0 atom stereocenters. The second-order valence-electron chi connectivity index (χ2n) is 6.51. The Morgan fingerprint density at radius 2 is 2.00 bits per heavy atom. The van der Waals surface area contributed by atoms with E-state index in [0.29, 0.717) is 43.7 Å². The third-order valence-corrected chi connectivity index (χ3v) is 3.94. The van der Waals surface area contributed by atoms with Crippen LogP contribution in [-0.2, 0) is 4.74 Å². The van der Waals surface area contributed by atoms with Gasteiger partial charge in [0.1, 0.15) is 5.82 Å². The van der Waals surface area contributed by atoms with Crippen molar-refractivity contribution in [1.29, 1.82) is 0 Å². The third-order valence-electron chi connectivity index (χ3n) is 3.94. The summed E-state index contributed by atoms with van der Waals surface area (Å²) in [5, 5.41) is 14.2. The molecule has 1 aliphatic heterocycles. The van der Waals surface area contributed by atoms with Gasteiger partial charge in [0, 0.05) is 25.7 Å². The number of nitrogens with one attached hydrogen (secondary N) is 2. The normalized spacial score (nSPS) is 15.1. The molecule has 1 saturated heterocycles. The van der Waals surface area contributed by atoms with Gasteiger partial charge in [-0.3, -0.25) is 4.79 Å². The van der Waals surface area contributed by atoms with E-state index in [2.05, 4.69) is 20.8 Å². The number of carbonyl (C=O) groups is 2. The second kappa shape index (κ2) is 9.19. The van der Waals surface area contributed by atoms with Gasteiger partial charge in [-0.15, -0.1) is 10.2 Å². The molecule has 1 aliphatic rings. The van der Waals surface area contributed by atoms with E-state index in [1.807, 2.05) is 13.8 Å². The van der Waals surface area contributed by atoms with E-state index in [1.165, 1.54) is 0 Å². The first-order valence-electron chi connectivity index (χ1n) is 8.79. The molecule has 0 saturated carbocycles. The number of carbonyl (C=O) groups excluding carboxylic acids is 2. The number of rotatable bonds is 6. The largest absolute Gasteiger partial charge is 0.450 e. The molecule has 1 aromatic rings. The summed E-state index contributed by atoms with van der Waals surface area (Å²) in [5.41, 5.74) is 0.309. The molecular weight excluding hydrogens is 322 g/mol. The first kappa shape index (κ1) is 19.0. The van der Waals surface area contributed by atoms with Crippen LogP contribution in [0.3, 0.4) is 0 Å². The molecule has 8 heteroatoms. The maximum absolute atomic E-state index is 11.9. The van der Waals surface area contributed by atoms with Gasteiger partial charge in [-0.25, -0.2) is 4.79 Å². The molecule has 8 nitrogen and oxygen atoms in total. The Hall–Kier alpha value is -2.38. The Kier molecular flexibility index (Phi) is 6.97. The minimum Gasteiger partial charge on any atom is -0.450 e. The van der Waals surface area contributed by atoms with Gasteiger partial charge in [0.2, 0.25) is 0 Å². The van der Waals surface area contributed by atoms with Crippen LogP contribution in [0.1, 0.15) is 44.1 Å². The Morgan fingerprint density at radius 3 is 2.56 bits per heavy atom. The maximum atomic E-state index is 11.9. The average molecular weight is 349 g/mol. The monoisotopic (exact) mass is 349 g/mol. The lowest BCUT2D eigenvalue weighted by atomic mass is 10.1. The predicted octanol–water partition coefficient (Wildman–Crippen LogP) is 1.90. The molecule has 0 aromatic carbocycles. The van der Waals surface area contributed by atoms with E-state index < -0.39 is 0 Å². The highest BCUT2D eigenvalue weighted by Gasteiger charge is 2.23. The minimum atomic E-state index is -0.252. The van der Waals surface area contributed by atoms with Gasteiger partial charge in [-0.1, -0.05) is 13.8 Å². The van der Waals surface area contributed by atoms with Gasteiger partial charge < -0.3 is 20.3 Å². The van der Waals surface area contributed by atoms with Gasteiger partial charge in [-0.2, -0.15) is 0 Å². The number of anilines is 1. The third kappa shape index (κ3) is 5.88. The van der Waals surface area contributed by atoms with E-state index in [4.69, 9.17) is 4.74 Å². The summed E-state index contributed by atoms with van der Waals surface area (Å²) < 4.78 is 5.01.